The number of aryl methyl sites for hydroxylation is 1. The Morgan fingerprint density at radius 2 is 1.84 bits per heavy atom. The van der Waals surface area contributed by atoms with E-state index in [9.17, 15) is 18.0 Å². The fourth-order valence-electron chi connectivity index (χ4n) is 4.54. The van der Waals surface area contributed by atoms with Crippen LogP contribution >= 0.6 is 0 Å². The Morgan fingerprint density at radius 3 is 2.58 bits per heavy atom. The van der Waals surface area contributed by atoms with E-state index in [2.05, 4.69) is 4.98 Å². The molecular formula is C23H22F3N3O2. The number of benzene rings is 2. The summed E-state index contributed by atoms with van der Waals surface area (Å²) in [5, 5.41) is 0. The molecule has 5 nitrogen and oxygen atoms in total. The van der Waals surface area contributed by atoms with Crippen LogP contribution in [0.5, 0.6) is 0 Å². The molecule has 162 valence electrons. The summed E-state index contributed by atoms with van der Waals surface area (Å²) in [4.78, 5) is 21.5. The molecular weight excluding hydrogens is 407 g/mol. The first-order chi connectivity index (χ1) is 14.9. The van der Waals surface area contributed by atoms with Crippen molar-refractivity contribution in [3.63, 3.8) is 0 Å². The highest BCUT2D eigenvalue weighted by atomic mass is 19.4. The third-order valence-corrected chi connectivity index (χ3v) is 6.19. The molecule has 1 amide bonds. The fourth-order valence-corrected chi connectivity index (χ4v) is 4.54. The molecule has 8 heteroatoms. The van der Waals surface area contributed by atoms with Gasteiger partial charge in [-0.1, -0.05) is 12.1 Å². The molecule has 0 aliphatic carbocycles. The number of piperidine rings is 1. The molecule has 1 fully saturated rings. The van der Waals surface area contributed by atoms with Gasteiger partial charge < -0.3 is 14.2 Å². The number of amides is 1. The Hall–Kier alpha value is -3.03. The molecule has 2 aliphatic rings. The summed E-state index contributed by atoms with van der Waals surface area (Å²) < 4.78 is 45.0. The van der Waals surface area contributed by atoms with Gasteiger partial charge in [-0.15, -0.1) is 0 Å². The van der Waals surface area contributed by atoms with Crippen LogP contribution < -0.4 is 9.80 Å². The van der Waals surface area contributed by atoms with Crippen LogP contribution in [0.1, 0.15) is 30.4 Å². The number of carbonyl (C=O) groups is 1. The van der Waals surface area contributed by atoms with Crippen molar-refractivity contribution in [2.45, 2.75) is 31.9 Å². The first-order valence-electron chi connectivity index (χ1n) is 10.5. The number of fused-ring (bicyclic) bond motifs is 2. The van der Waals surface area contributed by atoms with Crippen molar-refractivity contribution < 1.29 is 22.4 Å². The summed E-state index contributed by atoms with van der Waals surface area (Å²) in [7, 11) is 0. The zero-order valence-electron chi connectivity index (χ0n) is 16.9. The maximum atomic E-state index is 13.2. The monoisotopic (exact) mass is 429 g/mol. The summed E-state index contributed by atoms with van der Waals surface area (Å²) >= 11 is 0. The molecule has 0 radical (unpaired) electrons. The second kappa shape index (κ2) is 7.59. The van der Waals surface area contributed by atoms with Crippen LogP contribution in [0.4, 0.5) is 24.9 Å². The number of rotatable bonds is 2. The molecule has 0 unspecified atom stereocenters. The van der Waals surface area contributed by atoms with E-state index < -0.39 is 11.7 Å². The lowest BCUT2D eigenvalue weighted by Crippen LogP contribution is -2.44. The van der Waals surface area contributed by atoms with E-state index in [1.165, 1.54) is 12.1 Å². The largest absolute Gasteiger partial charge is 0.423 e. The Bertz CT molecular complexity index is 1080. The molecule has 0 atom stereocenters. The smallest absolute Gasteiger partial charge is 0.416 e. The number of anilines is 2. The van der Waals surface area contributed by atoms with Gasteiger partial charge in [-0.05, 0) is 61.6 Å². The molecule has 0 saturated carbocycles. The van der Waals surface area contributed by atoms with Crippen LogP contribution in [-0.2, 0) is 17.4 Å². The zero-order valence-corrected chi connectivity index (χ0v) is 16.9. The van der Waals surface area contributed by atoms with Crippen molar-refractivity contribution in [2.75, 3.05) is 29.4 Å². The standard InChI is InChI=1S/C23H22F3N3O2/c24-23(25,26)17-7-8-19-16(14-17)4-3-11-29(19)21(30)15-9-12-28(13-10-15)22-27-18-5-1-2-6-20(18)31-22/h1-2,5-8,14-15H,3-4,9-13H2. The normalized spacial score (nSPS) is 17.8. The molecule has 1 saturated heterocycles. The molecule has 0 bridgehead atoms. The second-order valence-corrected chi connectivity index (χ2v) is 8.16. The van der Waals surface area contributed by atoms with Crippen molar-refractivity contribution in [3.8, 4) is 0 Å². The van der Waals surface area contributed by atoms with Crippen LogP contribution in [0, 0.1) is 5.92 Å². The van der Waals surface area contributed by atoms with Gasteiger partial charge in [-0.3, -0.25) is 4.79 Å². The summed E-state index contributed by atoms with van der Waals surface area (Å²) in [5.74, 6) is -0.160. The van der Waals surface area contributed by atoms with E-state index in [1.807, 2.05) is 29.2 Å². The molecule has 2 aromatic carbocycles. The van der Waals surface area contributed by atoms with E-state index in [0.717, 1.165) is 17.2 Å². The highest BCUT2D eigenvalue weighted by Gasteiger charge is 2.35. The van der Waals surface area contributed by atoms with Crippen molar-refractivity contribution >= 4 is 28.7 Å². The maximum Gasteiger partial charge on any atom is 0.416 e. The molecule has 3 aromatic rings. The number of alkyl halides is 3. The molecule has 3 heterocycles. The van der Waals surface area contributed by atoms with Crippen LogP contribution in [0.15, 0.2) is 46.9 Å². The molecule has 2 aliphatic heterocycles. The van der Waals surface area contributed by atoms with Gasteiger partial charge in [0.2, 0.25) is 5.91 Å². The van der Waals surface area contributed by atoms with Gasteiger partial charge in [0.05, 0.1) is 5.56 Å². The highest BCUT2D eigenvalue weighted by molar-refractivity contribution is 5.96. The number of halogens is 3. The predicted molar refractivity (Wildman–Crippen MR) is 111 cm³/mol. The van der Waals surface area contributed by atoms with Crippen molar-refractivity contribution in [2.24, 2.45) is 5.92 Å². The lowest BCUT2D eigenvalue weighted by molar-refractivity contribution is -0.137. The molecule has 1 aromatic heterocycles. The van der Waals surface area contributed by atoms with E-state index in [1.54, 1.807) is 4.90 Å². The van der Waals surface area contributed by atoms with Gasteiger partial charge in [-0.25, -0.2) is 0 Å². The number of nitrogens with zero attached hydrogens (tertiary/aromatic N) is 3. The van der Waals surface area contributed by atoms with Gasteiger partial charge in [0.15, 0.2) is 5.58 Å². The van der Waals surface area contributed by atoms with E-state index in [0.29, 0.717) is 62.6 Å². The van der Waals surface area contributed by atoms with Crippen molar-refractivity contribution in [1.82, 2.24) is 4.98 Å². The molecule has 0 spiro atoms. The molecule has 31 heavy (non-hydrogen) atoms. The first kappa shape index (κ1) is 19.9. The average Bonchev–Trinajstić information content (AvgIpc) is 3.22. The maximum absolute atomic E-state index is 13.2. The van der Waals surface area contributed by atoms with Gasteiger partial charge in [-0.2, -0.15) is 18.2 Å². The second-order valence-electron chi connectivity index (χ2n) is 8.16. The predicted octanol–water partition coefficient (Wildman–Crippen LogP) is 5.04. The molecule has 0 N–H and O–H groups in total. The third kappa shape index (κ3) is 3.75. The minimum absolute atomic E-state index is 0.00192. The summed E-state index contributed by atoms with van der Waals surface area (Å²) in [5.41, 5.74) is 2.09. The highest BCUT2D eigenvalue weighted by Crippen LogP contribution is 2.36. The lowest BCUT2D eigenvalue weighted by Gasteiger charge is -2.36. The molecule has 5 rings (SSSR count). The zero-order chi connectivity index (χ0) is 21.6. The third-order valence-electron chi connectivity index (χ3n) is 6.19. The van der Waals surface area contributed by atoms with Gasteiger partial charge in [0, 0.05) is 31.2 Å². The first-order valence-corrected chi connectivity index (χ1v) is 10.5. The van der Waals surface area contributed by atoms with E-state index in [4.69, 9.17) is 4.42 Å². The fraction of sp³-hybridized carbons (Fsp3) is 0.391. The summed E-state index contributed by atoms with van der Waals surface area (Å²) in [6.07, 6.45) is -1.84. The Kier molecular flexibility index (Phi) is 4.87. The Labute approximate surface area is 177 Å². The van der Waals surface area contributed by atoms with Crippen LogP contribution in [0.3, 0.4) is 0 Å². The van der Waals surface area contributed by atoms with Crippen LogP contribution in [0.2, 0.25) is 0 Å². The number of hydrogen-bond donors (Lipinski definition) is 0. The number of aromatic nitrogens is 1. The van der Waals surface area contributed by atoms with Gasteiger partial charge >= 0.3 is 6.18 Å². The summed E-state index contributed by atoms with van der Waals surface area (Å²) in [6.45, 7) is 1.84. The van der Waals surface area contributed by atoms with Gasteiger partial charge in [0.1, 0.15) is 5.52 Å². The topological polar surface area (TPSA) is 49.6 Å². The number of para-hydroxylation sites is 2. The van der Waals surface area contributed by atoms with Crippen molar-refractivity contribution in [3.05, 3.63) is 53.6 Å². The number of oxazole rings is 1. The van der Waals surface area contributed by atoms with E-state index >= 15 is 0 Å². The van der Waals surface area contributed by atoms with Crippen molar-refractivity contribution in [1.29, 1.82) is 0 Å². The van der Waals surface area contributed by atoms with E-state index in [-0.39, 0.29) is 11.8 Å². The summed E-state index contributed by atoms with van der Waals surface area (Å²) in [6, 6.07) is 11.9. The van der Waals surface area contributed by atoms with Crippen LogP contribution in [-0.4, -0.2) is 30.5 Å². The van der Waals surface area contributed by atoms with Gasteiger partial charge in [0.25, 0.3) is 6.01 Å². The van der Waals surface area contributed by atoms with Crippen LogP contribution in [0.25, 0.3) is 11.1 Å². The lowest BCUT2D eigenvalue weighted by atomic mass is 9.92. The number of hydrogen-bond acceptors (Lipinski definition) is 4. The quantitative estimate of drug-likeness (QED) is 0.573. The SMILES string of the molecule is O=C(C1CCN(c2nc3ccccc3o2)CC1)N1CCCc2cc(C(F)(F)F)ccc21. The Morgan fingerprint density at radius 1 is 1.06 bits per heavy atom. The average molecular weight is 429 g/mol. The minimum Gasteiger partial charge on any atom is -0.423 e. The minimum atomic E-state index is -4.38. The number of carbonyl (C=O) groups excluding carboxylic acids is 1. The Balaban J connectivity index is 1.29.